The number of nitrogens with two attached hydrogens (primary N) is 1. The molecule has 0 saturated heterocycles. The highest BCUT2D eigenvalue weighted by Crippen LogP contribution is 2.25. The lowest BCUT2D eigenvalue weighted by Gasteiger charge is -2.22. The van der Waals surface area contributed by atoms with E-state index in [4.69, 9.17) is 15.2 Å². The monoisotopic (exact) mass is 316 g/mol. The molecule has 0 aliphatic rings. The highest BCUT2D eigenvalue weighted by atomic mass is 35.5. The summed E-state index contributed by atoms with van der Waals surface area (Å²) in [5.74, 6) is 1.38. The van der Waals surface area contributed by atoms with Gasteiger partial charge in [0.1, 0.15) is 11.5 Å². The van der Waals surface area contributed by atoms with Crippen LogP contribution in [0, 0.1) is 0 Å². The van der Waals surface area contributed by atoms with Gasteiger partial charge < -0.3 is 20.1 Å². The molecule has 21 heavy (non-hydrogen) atoms. The molecule has 0 aromatic heterocycles. The third-order valence-electron chi connectivity index (χ3n) is 3.19. The third kappa shape index (κ3) is 5.44. The van der Waals surface area contributed by atoms with Gasteiger partial charge in [0.05, 0.1) is 20.3 Å². The maximum atomic E-state index is 12.1. The number of rotatable bonds is 7. The van der Waals surface area contributed by atoms with Gasteiger partial charge >= 0.3 is 0 Å². The first-order chi connectivity index (χ1) is 9.53. The van der Waals surface area contributed by atoms with Crippen LogP contribution in [0.3, 0.4) is 0 Å². The summed E-state index contributed by atoms with van der Waals surface area (Å²) in [6.45, 7) is 2.48. The maximum Gasteiger partial charge on any atom is 0.239 e. The van der Waals surface area contributed by atoms with E-state index in [1.165, 1.54) is 0 Å². The molecular formula is C15H25ClN2O3. The molecule has 0 heterocycles. The van der Waals surface area contributed by atoms with Crippen LogP contribution < -0.4 is 15.2 Å². The first-order valence-electron chi connectivity index (χ1n) is 6.74. The van der Waals surface area contributed by atoms with E-state index < -0.39 is 6.04 Å². The molecule has 1 aromatic rings. The molecule has 1 atom stereocenters. The average Bonchev–Trinajstić information content (AvgIpc) is 2.46. The van der Waals surface area contributed by atoms with E-state index in [9.17, 15) is 4.79 Å². The van der Waals surface area contributed by atoms with Crippen LogP contribution in [-0.4, -0.2) is 38.1 Å². The summed E-state index contributed by atoms with van der Waals surface area (Å²) in [6, 6.07) is 5.11. The van der Waals surface area contributed by atoms with Gasteiger partial charge in [0, 0.05) is 25.2 Å². The van der Waals surface area contributed by atoms with Crippen LogP contribution >= 0.6 is 12.4 Å². The zero-order valence-corrected chi connectivity index (χ0v) is 13.9. The Morgan fingerprint density at radius 3 is 2.52 bits per heavy atom. The molecule has 1 unspecified atom stereocenters. The topological polar surface area (TPSA) is 64.8 Å². The fourth-order valence-electron chi connectivity index (χ4n) is 2.03. The van der Waals surface area contributed by atoms with Gasteiger partial charge in [-0.2, -0.15) is 0 Å². The number of methoxy groups -OCH3 is 2. The molecule has 6 heteroatoms. The number of amides is 1. The first kappa shape index (κ1) is 19.5. The minimum Gasteiger partial charge on any atom is -0.497 e. The van der Waals surface area contributed by atoms with Crippen LogP contribution in [0.5, 0.6) is 11.5 Å². The Bertz CT molecular complexity index is 455. The van der Waals surface area contributed by atoms with Crippen LogP contribution in [-0.2, 0) is 11.3 Å². The van der Waals surface area contributed by atoms with Crippen LogP contribution in [0.1, 0.15) is 25.3 Å². The second-order valence-electron chi connectivity index (χ2n) is 4.77. The van der Waals surface area contributed by atoms with Gasteiger partial charge in [-0.3, -0.25) is 4.79 Å². The smallest absolute Gasteiger partial charge is 0.239 e. The van der Waals surface area contributed by atoms with Crippen molar-refractivity contribution in [1.29, 1.82) is 0 Å². The standard InChI is InChI=1S/C15H24N2O3.ClH/c1-5-6-13(16)15(18)17(2)10-11-7-8-12(19-3)9-14(11)20-4;/h7-9,13H,5-6,10,16H2,1-4H3;1H. The van der Waals surface area contributed by atoms with E-state index in [1.54, 1.807) is 32.2 Å². The summed E-state index contributed by atoms with van der Waals surface area (Å²) >= 11 is 0. The number of likely N-dealkylation sites (N-methyl/N-ethyl adjacent to an activating group) is 1. The number of hydrogen-bond acceptors (Lipinski definition) is 4. The molecule has 0 fully saturated rings. The lowest BCUT2D eigenvalue weighted by Crippen LogP contribution is -2.41. The molecule has 0 spiro atoms. The van der Waals surface area contributed by atoms with Crippen LogP contribution in [0.2, 0.25) is 0 Å². The molecule has 0 aliphatic heterocycles. The molecule has 2 N–H and O–H groups in total. The predicted octanol–water partition coefficient (Wildman–Crippen LogP) is 2.21. The quantitative estimate of drug-likeness (QED) is 0.837. The van der Waals surface area contributed by atoms with Crippen molar-refractivity contribution in [2.45, 2.75) is 32.4 Å². The molecule has 5 nitrogen and oxygen atoms in total. The van der Waals surface area contributed by atoms with E-state index in [-0.39, 0.29) is 18.3 Å². The molecule has 0 bridgehead atoms. The Kier molecular flexibility index (Phi) is 8.81. The summed E-state index contributed by atoms with van der Waals surface area (Å²) in [4.78, 5) is 13.7. The minimum absolute atomic E-state index is 0. The van der Waals surface area contributed by atoms with E-state index in [0.29, 0.717) is 18.7 Å². The molecular weight excluding hydrogens is 292 g/mol. The molecule has 120 valence electrons. The summed E-state index contributed by atoms with van der Waals surface area (Å²) in [5, 5.41) is 0. The molecule has 1 amide bonds. The molecule has 0 aliphatic carbocycles. The Balaban J connectivity index is 0.00000400. The number of carbonyl (C=O) groups excluding carboxylic acids is 1. The maximum absolute atomic E-state index is 12.1. The van der Waals surface area contributed by atoms with Gasteiger partial charge in [0.2, 0.25) is 5.91 Å². The largest absolute Gasteiger partial charge is 0.497 e. The van der Waals surface area contributed by atoms with E-state index in [2.05, 4.69) is 0 Å². The van der Waals surface area contributed by atoms with Crippen LogP contribution in [0.25, 0.3) is 0 Å². The van der Waals surface area contributed by atoms with Crippen molar-refractivity contribution < 1.29 is 14.3 Å². The number of carbonyl (C=O) groups is 1. The molecule has 1 rings (SSSR count). The summed E-state index contributed by atoms with van der Waals surface area (Å²) < 4.78 is 10.5. The Morgan fingerprint density at radius 2 is 2.00 bits per heavy atom. The van der Waals surface area contributed by atoms with Crippen molar-refractivity contribution in [3.8, 4) is 11.5 Å². The fraction of sp³-hybridized carbons (Fsp3) is 0.533. The van der Waals surface area contributed by atoms with Crippen molar-refractivity contribution in [3.63, 3.8) is 0 Å². The van der Waals surface area contributed by atoms with Crippen molar-refractivity contribution >= 4 is 18.3 Å². The summed E-state index contributed by atoms with van der Waals surface area (Å²) in [6.07, 6.45) is 1.59. The molecule has 1 aromatic carbocycles. The second kappa shape index (κ2) is 9.47. The second-order valence-corrected chi connectivity index (χ2v) is 4.77. The predicted molar refractivity (Wildman–Crippen MR) is 86.2 cm³/mol. The minimum atomic E-state index is -0.436. The van der Waals surface area contributed by atoms with Gasteiger partial charge in [-0.05, 0) is 18.6 Å². The molecule has 0 radical (unpaired) electrons. The van der Waals surface area contributed by atoms with Crippen molar-refractivity contribution in [2.75, 3.05) is 21.3 Å². The number of halogens is 1. The highest BCUT2D eigenvalue weighted by molar-refractivity contribution is 5.85. The van der Waals surface area contributed by atoms with Gasteiger partial charge in [-0.25, -0.2) is 0 Å². The number of hydrogen-bond donors (Lipinski definition) is 1. The van der Waals surface area contributed by atoms with Gasteiger partial charge in [0.15, 0.2) is 0 Å². The van der Waals surface area contributed by atoms with Crippen LogP contribution in [0.15, 0.2) is 18.2 Å². The lowest BCUT2D eigenvalue weighted by atomic mass is 10.1. The number of ether oxygens (including phenoxy) is 2. The van der Waals surface area contributed by atoms with E-state index >= 15 is 0 Å². The average molecular weight is 317 g/mol. The number of benzene rings is 1. The summed E-state index contributed by atoms with van der Waals surface area (Å²) in [5.41, 5.74) is 6.78. The van der Waals surface area contributed by atoms with Gasteiger partial charge in [-0.15, -0.1) is 12.4 Å². The Hall–Kier alpha value is -1.46. The van der Waals surface area contributed by atoms with Gasteiger partial charge in [-0.1, -0.05) is 13.3 Å². The lowest BCUT2D eigenvalue weighted by molar-refractivity contribution is -0.132. The van der Waals surface area contributed by atoms with Gasteiger partial charge in [0.25, 0.3) is 0 Å². The fourth-order valence-corrected chi connectivity index (χ4v) is 2.03. The SMILES string of the molecule is CCCC(N)C(=O)N(C)Cc1ccc(OC)cc1OC.Cl. The summed E-state index contributed by atoms with van der Waals surface area (Å²) in [7, 11) is 4.96. The third-order valence-corrected chi connectivity index (χ3v) is 3.19. The normalized spacial score (nSPS) is 11.3. The van der Waals surface area contributed by atoms with Crippen molar-refractivity contribution in [2.24, 2.45) is 5.73 Å². The number of nitrogens with zero attached hydrogens (tertiary/aromatic N) is 1. The Labute approximate surface area is 132 Å². The Morgan fingerprint density at radius 1 is 1.33 bits per heavy atom. The molecule has 0 saturated carbocycles. The van der Waals surface area contributed by atoms with Crippen molar-refractivity contribution in [1.82, 2.24) is 4.90 Å². The van der Waals surface area contributed by atoms with Crippen LogP contribution in [0.4, 0.5) is 0 Å². The zero-order valence-electron chi connectivity index (χ0n) is 13.1. The first-order valence-corrected chi connectivity index (χ1v) is 6.74. The van der Waals surface area contributed by atoms with E-state index in [1.807, 2.05) is 19.1 Å². The van der Waals surface area contributed by atoms with E-state index in [0.717, 1.165) is 17.7 Å². The zero-order chi connectivity index (χ0) is 15.1. The van der Waals surface area contributed by atoms with Crippen molar-refractivity contribution in [3.05, 3.63) is 23.8 Å². The highest BCUT2D eigenvalue weighted by Gasteiger charge is 2.18.